The predicted octanol–water partition coefficient (Wildman–Crippen LogP) is 2.62. The van der Waals surface area contributed by atoms with Crippen molar-refractivity contribution >= 4 is 26.0 Å². The van der Waals surface area contributed by atoms with Gasteiger partial charge in [0.2, 0.25) is 10.0 Å². The molecule has 1 aromatic carbocycles. The molecule has 0 spiro atoms. The number of sulfonamides is 1. The van der Waals surface area contributed by atoms with Crippen LogP contribution in [0.5, 0.6) is 0 Å². The molecule has 0 amide bonds. The fourth-order valence-electron chi connectivity index (χ4n) is 3.19. The third kappa shape index (κ3) is 5.23. The Kier molecular flexibility index (Phi) is 7.40. The van der Waals surface area contributed by atoms with Gasteiger partial charge in [0.25, 0.3) is 0 Å². The average molecular weight is 436 g/mol. The molecule has 0 aromatic heterocycles. The minimum absolute atomic E-state index is 0.192. The van der Waals surface area contributed by atoms with Crippen LogP contribution in [-0.2, 0) is 10.0 Å². The summed E-state index contributed by atoms with van der Waals surface area (Å²) in [4.78, 5) is 3.98. The van der Waals surface area contributed by atoms with Crippen molar-refractivity contribution in [1.29, 1.82) is 0 Å². The third-order valence-corrected chi connectivity index (χ3v) is 7.00. The van der Waals surface area contributed by atoms with E-state index in [1.165, 1.54) is 22.5 Å². The van der Waals surface area contributed by atoms with Crippen LogP contribution >= 0.6 is 15.9 Å². The summed E-state index contributed by atoms with van der Waals surface area (Å²) in [7, 11) is -0.0916. The van der Waals surface area contributed by atoms with Crippen molar-refractivity contribution in [3.63, 3.8) is 0 Å². The van der Waals surface area contributed by atoms with E-state index in [1.807, 2.05) is 19.0 Å². The zero-order valence-corrected chi connectivity index (χ0v) is 17.5. The van der Waals surface area contributed by atoms with E-state index in [4.69, 9.17) is 0 Å². The van der Waals surface area contributed by atoms with Gasteiger partial charge in [-0.2, -0.15) is 4.31 Å². The lowest BCUT2D eigenvalue weighted by Crippen LogP contribution is -2.45. The van der Waals surface area contributed by atoms with Gasteiger partial charge in [-0.25, -0.2) is 12.8 Å². The molecular weight excluding hydrogens is 409 g/mol. The summed E-state index contributed by atoms with van der Waals surface area (Å²) in [5.41, 5.74) is 0. The first-order valence-electron chi connectivity index (χ1n) is 8.59. The average Bonchev–Trinajstić information content (AvgIpc) is 3.00. The largest absolute Gasteiger partial charge is 0.308 e. The van der Waals surface area contributed by atoms with Gasteiger partial charge in [-0.3, -0.25) is 4.90 Å². The zero-order chi connectivity index (χ0) is 18.6. The highest BCUT2D eigenvalue weighted by molar-refractivity contribution is 9.10. The molecule has 8 heteroatoms. The molecule has 1 aliphatic heterocycles. The molecule has 0 bridgehead atoms. The Labute approximate surface area is 159 Å². The second-order valence-electron chi connectivity index (χ2n) is 6.67. The van der Waals surface area contributed by atoms with Gasteiger partial charge < -0.3 is 4.90 Å². The summed E-state index contributed by atoms with van der Waals surface area (Å²) in [6.45, 7) is 5.31. The Morgan fingerprint density at radius 3 is 2.68 bits per heavy atom. The number of likely N-dealkylation sites (N-methyl/N-ethyl adjacent to an activating group) is 2. The fourth-order valence-corrected chi connectivity index (χ4v) is 5.26. The Morgan fingerprint density at radius 1 is 1.32 bits per heavy atom. The molecule has 0 saturated carbocycles. The smallest absolute Gasteiger partial charge is 0.246 e. The summed E-state index contributed by atoms with van der Waals surface area (Å²) in [5.74, 6) is -0.711. The van der Waals surface area contributed by atoms with Crippen molar-refractivity contribution in [2.45, 2.75) is 30.7 Å². The van der Waals surface area contributed by atoms with E-state index in [2.05, 4.69) is 27.8 Å². The molecule has 25 heavy (non-hydrogen) atoms. The van der Waals surface area contributed by atoms with Crippen molar-refractivity contribution in [1.82, 2.24) is 14.1 Å². The van der Waals surface area contributed by atoms with Gasteiger partial charge in [0.15, 0.2) is 0 Å². The molecule has 142 valence electrons. The second kappa shape index (κ2) is 8.90. The van der Waals surface area contributed by atoms with Crippen molar-refractivity contribution in [2.75, 3.05) is 46.8 Å². The first kappa shape index (κ1) is 20.8. The standard InChI is InChI=1S/C17H27BrFN3O2S/c1-4-21-9-5-6-15(21)13-22(11-10-20(2)3)25(23,24)17-12-14(18)7-8-16(17)19/h7-8,12,15H,4-6,9-11,13H2,1-3H3. The van der Waals surface area contributed by atoms with Crippen LogP contribution in [0.15, 0.2) is 27.6 Å². The van der Waals surface area contributed by atoms with Crippen LogP contribution in [-0.4, -0.2) is 75.4 Å². The van der Waals surface area contributed by atoms with Crippen molar-refractivity contribution in [3.8, 4) is 0 Å². The van der Waals surface area contributed by atoms with Crippen molar-refractivity contribution < 1.29 is 12.8 Å². The molecule has 1 aromatic rings. The maximum atomic E-state index is 14.2. The van der Waals surface area contributed by atoms with E-state index in [9.17, 15) is 12.8 Å². The third-order valence-electron chi connectivity index (χ3n) is 4.63. The van der Waals surface area contributed by atoms with Crippen LogP contribution in [0, 0.1) is 5.82 Å². The van der Waals surface area contributed by atoms with Crippen molar-refractivity contribution in [2.24, 2.45) is 0 Å². The van der Waals surface area contributed by atoms with Gasteiger partial charge in [0.1, 0.15) is 10.7 Å². The van der Waals surface area contributed by atoms with Crippen LogP contribution in [0.25, 0.3) is 0 Å². The molecule has 2 rings (SSSR count). The lowest BCUT2D eigenvalue weighted by atomic mass is 10.2. The van der Waals surface area contributed by atoms with Crippen LogP contribution in [0.1, 0.15) is 19.8 Å². The summed E-state index contributed by atoms with van der Waals surface area (Å²) in [5, 5.41) is 0. The predicted molar refractivity (Wildman–Crippen MR) is 102 cm³/mol. The highest BCUT2D eigenvalue weighted by atomic mass is 79.9. The van der Waals surface area contributed by atoms with Crippen LogP contribution in [0.4, 0.5) is 4.39 Å². The molecule has 1 unspecified atom stereocenters. The fraction of sp³-hybridized carbons (Fsp3) is 0.647. The van der Waals surface area contributed by atoms with E-state index in [0.29, 0.717) is 24.1 Å². The Balaban J connectivity index is 2.31. The van der Waals surface area contributed by atoms with Gasteiger partial charge in [-0.1, -0.05) is 22.9 Å². The van der Waals surface area contributed by atoms with Crippen LogP contribution < -0.4 is 0 Å². The monoisotopic (exact) mass is 435 g/mol. The Bertz CT molecular complexity index is 684. The maximum Gasteiger partial charge on any atom is 0.246 e. The second-order valence-corrected chi connectivity index (χ2v) is 9.49. The first-order valence-corrected chi connectivity index (χ1v) is 10.8. The molecule has 1 atom stereocenters. The molecule has 1 heterocycles. The van der Waals surface area contributed by atoms with Gasteiger partial charge in [-0.05, 0) is 58.2 Å². The summed E-state index contributed by atoms with van der Waals surface area (Å²) in [6.07, 6.45) is 2.05. The molecule has 0 radical (unpaired) electrons. The zero-order valence-electron chi connectivity index (χ0n) is 15.1. The van der Waals surface area contributed by atoms with E-state index in [0.717, 1.165) is 25.9 Å². The lowest BCUT2D eigenvalue weighted by Gasteiger charge is -2.30. The number of benzene rings is 1. The molecule has 1 saturated heterocycles. The topological polar surface area (TPSA) is 43.9 Å². The molecule has 5 nitrogen and oxygen atoms in total. The van der Waals surface area contributed by atoms with E-state index >= 15 is 0 Å². The van der Waals surface area contributed by atoms with Crippen LogP contribution in [0.3, 0.4) is 0 Å². The van der Waals surface area contributed by atoms with E-state index in [1.54, 1.807) is 0 Å². The highest BCUT2D eigenvalue weighted by Crippen LogP contribution is 2.25. The molecule has 0 aliphatic carbocycles. The number of rotatable bonds is 8. The van der Waals surface area contributed by atoms with Crippen molar-refractivity contribution in [3.05, 3.63) is 28.5 Å². The highest BCUT2D eigenvalue weighted by Gasteiger charge is 2.33. The Morgan fingerprint density at radius 2 is 2.04 bits per heavy atom. The first-order chi connectivity index (χ1) is 11.8. The SMILES string of the molecule is CCN1CCCC1CN(CCN(C)C)S(=O)(=O)c1cc(Br)ccc1F. The normalized spacial score (nSPS) is 19.2. The Hall–Kier alpha value is -0.540. The van der Waals surface area contributed by atoms with Gasteiger partial charge in [-0.15, -0.1) is 0 Å². The van der Waals surface area contributed by atoms with E-state index < -0.39 is 15.8 Å². The molecule has 0 N–H and O–H groups in total. The number of hydrogen-bond acceptors (Lipinski definition) is 4. The molecule has 1 aliphatic rings. The van der Waals surface area contributed by atoms with Gasteiger partial charge >= 0.3 is 0 Å². The number of nitrogens with zero attached hydrogens (tertiary/aromatic N) is 3. The number of halogens is 2. The lowest BCUT2D eigenvalue weighted by molar-refractivity contribution is 0.219. The quantitative estimate of drug-likeness (QED) is 0.629. The number of hydrogen-bond donors (Lipinski definition) is 0. The maximum absolute atomic E-state index is 14.2. The molecule has 1 fully saturated rings. The minimum atomic E-state index is -3.89. The molecular formula is C17H27BrFN3O2S. The van der Waals surface area contributed by atoms with Gasteiger partial charge in [0.05, 0.1) is 0 Å². The summed E-state index contributed by atoms with van der Waals surface area (Å²) >= 11 is 3.24. The van der Waals surface area contributed by atoms with Gasteiger partial charge in [0, 0.05) is 30.1 Å². The van der Waals surface area contributed by atoms with E-state index in [-0.39, 0.29) is 10.9 Å². The minimum Gasteiger partial charge on any atom is -0.308 e. The number of likely N-dealkylation sites (tertiary alicyclic amines) is 1. The van der Waals surface area contributed by atoms with Crippen LogP contribution in [0.2, 0.25) is 0 Å². The summed E-state index contributed by atoms with van der Waals surface area (Å²) < 4.78 is 42.5. The summed E-state index contributed by atoms with van der Waals surface area (Å²) in [6, 6.07) is 4.24.